The molecule has 2 saturated carbocycles. The fraction of sp³-hybridized carbons (Fsp3) is 1.00. The number of alkyl halides is 5. The first-order valence-corrected chi connectivity index (χ1v) is 9.24. The maximum Gasteiger partial charge on any atom is 0.453 e. The highest BCUT2D eigenvalue weighted by atomic mass is 19.4. The maximum absolute atomic E-state index is 12.8. The number of halogens is 5. The lowest BCUT2D eigenvalue weighted by molar-refractivity contribution is -0.284. The van der Waals surface area contributed by atoms with Gasteiger partial charge in [0.2, 0.25) is 0 Å². The summed E-state index contributed by atoms with van der Waals surface area (Å²) in [7, 11) is 0. The third-order valence-electron chi connectivity index (χ3n) is 5.98. The van der Waals surface area contributed by atoms with Gasteiger partial charge in [0.15, 0.2) is 0 Å². The van der Waals surface area contributed by atoms with E-state index < -0.39 is 18.5 Å². The largest absolute Gasteiger partial charge is 0.453 e. The van der Waals surface area contributed by atoms with Gasteiger partial charge >= 0.3 is 12.1 Å². The Morgan fingerprint density at radius 3 is 1.78 bits per heavy atom. The van der Waals surface area contributed by atoms with E-state index in [1.165, 1.54) is 44.9 Å². The second kappa shape index (κ2) is 8.15. The van der Waals surface area contributed by atoms with E-state index in [1.807, 2.05) is 0 Å². The predicted octanol–water partition coefficient (Wildman–Crippen LogP) is 7.13. The summed E-state index contributed by atoms with van der Waals surface area (Å²) in [6, 6.07) is 0. The number of unbranched alkanes of at least 4 members (excludes halogenated alkanes) is 1. The summed E-state index contributed by atoms with van der Waals surface area (Å²) in [5.41, 5.74) is 0. The Bertz CT molecular complexity index is 336. The van der Waals surface area contributed by atoms with Crippen LogP contribution in [0.15, 0.2) is 0 Å². The van der Waals surface area contributed by atoms with Crippen molar-refractivity contribution in [2.24, 2.45) is 17.8 Å². The Morgan fingerprint density at radius 1 is 0.652 bits per heavy atom. The minimum Gasteiger partial charge on any atom is -0.196 e. The molecular formula is C18H29F5. The molecule has 0 aromatic heterocycles. The SMILES string of the molecule is FC(F)(F)C(F)(F)CCCCC1CCC(C2CCCCC2)CC1. The van der Waals surface area contributed by atoms with Crippen molar-refractivity contribution in [2.75, 3.05) is 0 Å². The molecule has 5 heteroatoms. The molecule has 0 atom stereocenters. The molecule has 0 bridgehead atoms. The van der Waals surface area contributed by atoms with Crippen LogP contribution in [0.2, 0.25) is 0 Å². The Hall–Kier alpha value is -0.350. The summed E-state index contributed by atoms with van der Waals surface area (Å²) in [5, 5.41) is 0. The number of rotatable bonds is 6. The molecule has 2 rings (SSSR count). The zero-order chi connectivity index (χ0) is 16.9. The van der Waals surface area contributed by atoms with E-state index >= 15 is 0 Å². The summed E-state index contributed by atoms with van der Waals surface area (Å²) in [6.45, 7) is 0. The van der Waals surface area contributed by atoms with Gasteiger partial charge < -0.3 is 0 Å². The number of hydrogen-bond donors (Lipinski definition) is 0. The topological polar surface area (TPSA) is 0 Å². The van der Waals surface area contributed by atoms with E-state index in [1.54, 1.807) is 0 Å². The van der Waals surface area contributed by atoms with Crippen molar-refractivity contribution in [1.29, 1.82) is 0 Å². The van der Waals surface area contributed by atoms with E-state index in [2.05, 4.69) is 0 Å². The second-order valence-corrected chi connectivity index (χ2v) is 7.63. The summed E-state index contributed by atoms with van der Waals surface area (Å²) in [4.78, 5) is 0. The van der Waals surface area contributed by atoms with Gasteiger partial charge in [0, 0.05) is 6.42 Å². The molecule has 2 fully saturated rings. The maximum atomic E-state index is 12.8. The molecule has 2 aliphatic rings. The Labute approximate surface area is 136 Å². The van der Waals surface area contributed by atoms with Crippen molar-refractivity contribution in [3.8, 4) is 0 Å². The highest BCUT2D eigenvalue weighted by molar-refractivity contribution is 4.80. The van der Waals surface area contributed by atoms with Crippen molar-refractivity contribution in [1.82, 2.24) is 0 Å². The van der Waals surface area contributed by atoms with Crippen molar-refractivity contribution in [2.45, 2.75) is 95.6 Å². The van der Waals surface area contributed by atoms with Crippen LogP contribution in [-0.4, -0.2) is 12.1 Å². The molecule has 0 heterocycles. The molecule has 0 nitrogen and oxygen atoms in total. The monoisotopic (exact) mass is 340 g/mol. The molecular weight excluding hydrogens is 311 g/mol. The zero-order valence-corrected chi connectivity index (χ0v) is 13.8. The molecule has 0 saturated heterocycles. The van der Waals surface area contributed by atoms with Crippen LogP contribution in [0.4, 0.5) is 22.0 Å². The first-order chi connectivity index (χ1) is 10.8. The normalized spacial score (nSPS) is 28.0. The highest BCUT2D eigenvalue weighted by Crippen LogP contribution is 2.42. The van der Waals surface area contributed by atoms with Crippen LogP contribution in [0.3, 0.4) is 0 Å². The van der Waals surface area contributed by atoms with Gasteiger partial charge in [-0.15, -0.1) is 0 Å². The molecule has 0 aromatic rings. The summed E-state index contributed by atoms with van der Waals surface area (Å²) < 4.78 is 61.9. The molecule has 0 radical (unpaired) electrons. The van der Waals surface area contributed by atoms with Gasteiger partial charge in [0.1, 0.15) is 0 Å². The Balaban J connectivity index is 1.60. The third kappa shape index (κ3) is 5.60. The average molecular weight is 340 g/mol. The van der Waals surface area contributed by atoms with Crippen LogP contribution < -0.4 is 0 Å². The summed E-state index contributed by atoms with van der Waals surface area (Å²) in [6.07, 6.45) is 6.35. The van der Waals surface area contributed by atoms with Crippen LogP contribution in [0.1, 0.15) is 83.5 Å². The average Bonchev–Trinajstić information content (AvgIpc) is 2.52. The van der Waals surface area contributed by atoms with E-state index in [4.69, 9.17) is 0 Å². The fourth-order valence-corrected chi connectivity index (χ4v) is 4.48. The smallest absolute Gasteiger partial charge is 0.196 e. The first kappa shape index (κ1) is 19.0. The molecule has 0 spiro atoms. The molecule has 0 N–H and O–H groups in total. The van der Waals surface area contributed by atoms with Gasteiger partial charge in [-0.05, 0) is 37.0 Å². The molecule has 0 aromatic carbocycles. The zero-order valence-electron chi connectivity index (χ0n) is 13.8. The van der Waals surface area contributed by atoms with Crippen LogP contribution >= 0.6 is 0 Å². The van der Waals surface area contributed by atoms with Crippen LogP contribution in [0.25, 0.3) is 0 Å². The molecule has 2 aliphatic carbocycles. The van der Waals surface area contributed by atoms with Crippen LogP contribution in [0, 0.1) is 17.8 Å². The van der Waals surface area contributed by atoms with Crippen LogP contribution in [-0.2, 0) is 0 Å². The van der Waals surface area contributed by atoms with Crippen LogP contribution in [0.5, 0.6) is 0 Å². The van der Waals surface area contributed by atoms with Crippen molar-refractivity contribution in [3.05, 3.63) is 0 Å². The lowest BCUT2D eigenvalue weighted by atomic mass is 9.70. The Morgan fingerprint density at radius 2 is 1.22 bits per heavy atom. The summed E-state index contributed by atoms with van der Waals surface area (Å²) in [5.74, 6) is -2.27. The highest BCUT2D eigenvalue weighted by Gasteiger charge is 2.56. The quantitative estimate of drug-likeness (QED) is 0.356. The van der Waals surface area contributed by atoms with Gasteiger partial charge in [0.05, 0.1) is 0 Å². The van der Waals surface area contributed by atoms with E-state index in [-0.39, 0.29) is 6.42 Å². The van der Waals surface area contributed by atoms with E-state index in [0.29, 0.717) is 12.3 Å². The first-order valence-electron chi connectivity index (χ1n) is 9.24. The predicted molar refractivity (Wildman–Crippen MR) is 81.5 cm³/mol. The van der Waals surface area contributed by atoms with Crippen molar-refractivity contribution >= 4 is 0 Å². The molecule has 0 amide bonds. The van der Waals surface area contributed by atoms with Gasteiger partial charge in [0.25, 0.3) is 0 Å². The standard InChI is InChI=1S/C18H29F5/c19-17(20,18(21,22)23)13-5-4-6-14-9-11-16(12-10-14)15-7-2-1-3-8-15/h14-16H,1-13H2. The minimum atomic E-state index is -5.40. The van der Waals surface area contributed by atoms with Gasteiger partial charge in [-0.3, -0.25) is 0 Å². The molecule has 136 valence electrons. The minimum absolute atomic E-state index is 0.0327. The van der Waals surface area contributed by atoms with Gasteiger partial charge in [-0.2, -0.15) is 22.0 Å². The third-order valence-corrected chi connectivity index (χ3v) is 5.98. The van der Waals surface area contributed by atoms with Gasteiger partial charge in [-0.1, -0.05) is 57.8 Å². The second-order valence-electron chi connectivity index (χ2n) is 7.63. The van der Waals surface area contributed by atoms with Gasteiger partial charge in [-0.25, -0.2) is 0 Å². The fourth-order valence-electron chi connectivity index (χ4n) is 4.48. The molecule has 23 heavy (non-hydrogen) atoms. The van der Waals surface area contributed by atoms with Crippen molar-refractivity contribution in [3.63, 3.8) is 0 Å². The van der Waals surface area contributed by atoms with E-state index in [0.717, 1.165) is 31.1 Å². The molecule has 0 unspecified atom stereocenters. The van der Waals surface area contributed by atoms with Crippen molar-refractivity contribution < 1.29 is 22.0 Å². The number of hydrogen-bond acceptors (Lipinski definition) is 0. The lowest BCUT2D eigenvalue weighted by Crippen LogP contribution is -2.36. The lowest BCUT2D eigenvalue weighted by Gasteiger charge is -2.36. The summed E-state index contributed by atoms with van der Waals surface area (Å²) >= 11 is 0. The van der Waals surface area contributed by atoms with E-state index in [9.17, 15) is 22.0 Å². The Kier molecular flexibility index (Phi) is 6.73. The molecule has 0 aliphatic heterocycles.